The quantitative estimate of drug-likeness (QED) is 0.857. The van der Waals surface area contributed by atoms with Crippen LogP contribution in [0.1, 0.15) is 36.4 Å². The van der Waals surface area contributed by atoms with E-state index < -0.39 is 10.0 Å². The van der Waals surface area contributed by atoms with Gasteiger partial charge in [0.1, 0.15) is 0 Å². The maximum absolute atomic E-state index is 12.9. The zero-order valence-corrected chi connectivity index (χ0v) is 13.7. The van der Waals surface area contributed by atoms with Crippen molar-refractivity contribution in [3.05, 3.63) is 52.2 Å². The Kier molecular flexibility index (Phi) is 4.15. The summed E-state index contributed by atoms with van der Waals surface area (Å²) in [7, 11) is -3.42. The van der Waals surface area contributed by atoms with E-state index in [2.05, 4.69) is 5.38 Å². The summed E-state index contributed by atoms with van der Waals surface area (Å²) < 4.78 is 27.6. The van der Waals surface area contributed by atoms with Crippen molar-refractivity contribution in [1.82, 2.24) is 4.31 Å². The molecule has 1 aliphatic heterocycles. The molecular formula is C16H19NO2S2. The maximum Gasteiger partial charge on any atom is 0.243 e. The highest BCUT2D eigenvalue weighted by molar-refractivity contribution is 7.89. The van der Waals surface area contributed by atoms with Gasteiger partial charge in [0, 0.05) is 6.54 Å². The van der Waals surface area contributed by atoms with E-state index in [9.17, 15) is 8.42 Å². The van der Waals surface area contributed by atoms with E-state index in [-0.39, 0.29) is 6.04 Å². The zero-order valence-electron chi connectivity index (χ0n) is 12.0. The first-order chi connectivity index (χ1) is 10.1. The molecule has 1 aliphatic rings. The number of aryl methyl sites for hydroxylation is 1. The van der Waals surface area contributed by atoms with E-state index in [4.69, 9.17) is 0 Å². The van der Waals surface area contributed by atoms with Crippen molar-refractivity contribution in [3.63, 3.8) is 0 Å². The average Bonchev–Trinajstić information content (AvgIpc) is 3.02. The highest BCUT2D eigenvalue weighted by atomic mass is 32.2. The standard InChI is InChI=1S/C16H19NO2S2/c1-13-5-7-15(8-6-13)21(18,19)17-10-3-2-4-16(17)14-9-11-20-12-14/h5-9,11-12,16H,2-4,10H2,1H3/t16-/m0/s1. The van der Waals surface area contributed by atoms with Crippen molar-refractivity contribution in [1.29, 1.82) is 0 Å². The second-order valence-electron chi connectivity index (χ2n) is 5.50. The minimum atomic E-state index is -3.42. The lowest BCUT2D eigenvalue weighted by Gasteiger charge is -2.34. The van der Waals surface area contributed by atoms with Gasteiger partial charge in [-0.2, -0.15) is 15.6 Å². The minimum absolute atomic E-state index is 0.0173. The Morgan fingerprint density at radius 3 is 2.57 bits per heavy atom. The number of rotatable bonds is 3. The van der Waals surface area contributed by atoms with Crippen molar-refractivity contribution in [2.24, 2.45) is 0 Å². The van der Waals surface area contributed by atoms with E-state index in [1.807, 2.05) is 30.5 Å². The molecule has 0 N–H and O–H groups in total. The van der Waals surface area contributed by atoms with E-state index in [1.54, 1.807) is 27.8 Å². The summed E-state index contributed by atoms with van der Waals surface area (Å²) in [5.41, 5.74) is 2.19. The van der Waals surface area contributed by atoms with Crippen LogP contribution in [0.15, 0.2) is 46.0 Å². The largest absolute Gasteiger partial charge is 0.243 e. The molecule has 0 spiro atoms. The first-order valence-electron chi connectivity index (χ1n) is 7.19. The molecule has 2 heterocycles. The number of hydrogen-bond acceptors (Lipinski definition) is 3. The van der Waals surface area contributed by atoms with E-state index in [0.717, 1.165) is 30.4 Å². The average molecular weight is 321 g/mol. The van der Waals surface area contributed by atoms with Crippen LogP contribution in [0.5, 0.6) is 0 Å². The Morgan fingerprint density at radius 2 is 1.90 bits per heavy atom. The molecule has 0 bridgehead atoms. The lowest BCUT2D eigenvalue weighted by atomic mass is 10.0. The molecule has 1 aromatic carbocycles. The number of benzene rings is 1. The van der Waals surface area contributed by atoms with Crippen molar-refractivity contribution < 1.29 is 8.42 Å². The molecule has 3 rings (SSSR count). The summed E-state index contributed by atoms with van der Waals surface area (Å²) in [4.78, 5) is 0.398. The monoisotopic (exact) mass is 321 g/mol. The zero-order chi connectivity index (χ0) is 14.9. The molecule has 0 unspecified atom stereocenters. The summed E-state index contributed by atoms with van der Waals surface area (Å²) in [6.45, 7) is 2.57. The fourth-order valence-electron chi connectivity index (χ4n) is 2.84. The van der Waals surface area contributed by atoms with Gasteiger partial charge in [-0.25, -0.2) is 8.42 Å². The van der Waals surface area contributed by atoms with Crippen LogP contribution in [0, 0.1) is 6.92 Å². The van der Waals surface area contributed by atoms with Crippen LogP contribution >= 0.6 is 11.3 Å². The Bertz CT molecular complexity index is 690. The smallest absolute Gasteiger partial charge is 0.207 e. The molecule has 5 heteroatoms. The van der Waals surface area contributed by atoms with Gasteiger partial charge in [-0.1, -0.05) is 24.1 Å². The third kappa shape index (κ3) is 2.91. The summed E-state index contributed by atoms with van der Waals surface area (Å²) in [6, 6.07) is 9.16. The molecule has 0 amide bonds. The Morgan fingerprint density at radius 1 is 1.14 bits per heavy atom. The van der Waals surface area contributed by atoms with Crippen LogP contribution in [-0.4, -0.2) is 19.3 Å². The van der Waals surface area contributed by atoms with Crippen LogP contribution in [-0.2, 0) is 10.0 Å². The first-order valence-corrected chi connectivity index (χ1v) is 9.58. The number of piperidine rings is 1. The number of sulfonamides is 1. The second kappa shape index (κ2) is 5.91. The SMILES string of the molecule is Cc1ccc(S(=O)(=O)N2CCCC[C@H]2c2ccsc2)cc1. The second-order valence-corrected chi connectivity index (χ2v) is 8.17. The maximum atomic E-state index is 12.9. The normalized spacial score (nSPS) is 20.5. The predicted molar refractivity (Wildman–Crippen MR) is 86.0 cm³/mol. The molecule has 3 nitrogen and oxygen atoms in total. The Hall–Kier alpha value is -1.17. The molecule has 2 aromatic rings. The van der Waals surface area contributed by atoms with Crippen LogP contribution < -0.4 is 0 Å². The Labute approximate surface area is 130 Å². The van der Waals surface area contributed by atoms with Gasteiger partial charge in [0.15, 0.2) is 0 Å². The van der Waals surface area contributed by atoms with Crippen molar-refractivity contribution in [2.75, 3.05) is 6.54 Å². The van der Waals surface area contributed by atoms with Crippen molar-refractivity contribution in [3.8, 4) is 0 Å². The van der Waals surface area contributed by atoms with Crippen LogP contribution in [0.2, 0.25) is 0 Å². The summed E-state index contributed by atoms with van der Waals surface area (Å²) in [5, 5.41) is 4.08. The number of thiophene rings is 1. The fraction of sp³-hybridized carbons (Fsp3) is 0.375. The van der Waals surface area contributed by atoms with Gasteiger partial charge in [-0.3, -0.25) is 0 Å². The first kappa shape index (κ1) is 14.8. The molecule has 112 valence electrons. The van der Waals surface area contributed by atoms with Crippen molar-refractivity contribution in [2.45, 2.75) is 37.1 Å². The van der Waals surface area contributed by atoms with Crippen LogP contribution in [0.4, 0.5) is 0 Å². The molecule has 1 fully saturated rings. The Balaban J connectivity index is 1.97. The topological polar surface area (TPSA) is 37.4 Å². The lowest BCUT2D eigenvalue weighted by Crippen LogP contribution is -2.38. The van der Waals surface area contributed by atoms with Gasteiger partial charge in [-0.05, 0) is 54.3 Å². The molecule has 1 atom stereocenters. The van der Waals surface area contributed by atoms with Gasteiger partial charge < -0.3 is 0 Å². The molecule has 1 aromatic heterocycles. The molecule has 0 aliphatic carbocycles. The molecular weight excluding hydrogens is 302 g/mol. The van der Waals surface area contributed by atoms with Crippen molar-refractivity contribution >= 4 is 21.4 Å². The van der Waals surface area contributed by atoms with Gasteiger partial charge in [0.25, 0.3) is 0 Å². The van der Waals surface area contributed by atoms with Gasteiger partial charge >= 0.3 is 0 Å². The third-order valence-corrected chi connectivity index (χ3v) is 6.63. The van der Waals surface area contributed by atoms with Crippen LogP contribution in [0.25, 0.3) is 0 Å². The van der Waals surface area contributed by atoms with Crippen LogP contribution in [0.3, 0.4) is 0 Å². The van der Waals surface area contributed by atoms with Gasteiger partial charge in [-0.15, -0.1) is 0 Å². The summed E-state index contributed by atoms with van der Waals surface area (Å²) in [6.07, 6.45) is 2.92. The van der Waals surface area contributed by atoms with Gasteiger partial charge in [0.05, 0.1) is 10.9 Å². The third-order valence-electron chi connectivity index (χ3n) is 4.01. The molecule has 0 radical (unpaired) electrons. The number of nitrogens with zero attached hydrogens (tertiary/aromatic N) is 1. The summed E-state index contributed by atoms with van der Waals surface area (Å²) >= 11 is 1.62. The summed E-state index contributed by atoms with van der Waals surface area (Å²) in [5.74, 6) is 0. The van der Waals surface area contributed by atoms with E-state index >= 15 is 0 Å². The number of hydrogen-bond donors (Lipinski definition) is 0. The molecule has 0 saturated carbocycles. The van der Waals surface area contributed by atoms with Gasteiger partial charge in [0.2, 0.25) is 10.0 Å². The molecule has 1 saturated heterocycles. The molecule has 21 heavy (non-hydrogen) atoms. The fourth-order valence-corrected chi connectivity index (χ4v) is 5.23. The predicted octanol–water partition coefficient (Wildman–Crippen LogP) is 3.97. The highest BCUT2D eigenvalue weighted by Crippen LogP contribution is 2.36. The lowest BCUT2D eigenvalue weighted by molar-refractivity contribution is 0.256. The minimum Gasteiger partial charge on any atom is -0.207 e. The van der Waals surface area contributed by atoms with E-state index in [1.165, 1.54) is 0 Å². The highest BCUT2D eigenvalue weighted by Gasteiger charge is 2.34. The van der Waals surface area contributed by atoms with E-state index in [0.29, 0.717) is 11.4 Å².